The zero-order valence-corrected chi connectivity index (χ0v) is 17.2. The van der Waals surface area contributed by atoms with Gasteiger partial charge >= 0.3 is 0 Å². The van der Waals surface area contributed by atoms with Gasteiger partial charge in [0.25, 0.3) is 5.91 Å². The molecule has 0 unspecified atom stereocenters. The summed E-state index contributed by atoms with van der Waals surface area (Å²) in [4.78, 5) is 14.6. The van der Waals surface area contributed by atoms with Gasteiger partial charge in [-0.1, -0.05) is 19.1 Å². The van der Waals surface area contributed by atoms with Crippen molar-refractivity contribution >= 4 is 29.4 Å². The maximum absolute atomic E-state index is 12.1. The van der Waals surface area contributed by atoms with Crippen molar-refractivity contribution in [3.05, 3.63) is 29.8 Å². The second-order valence-electron chi connectivity index (χ2n) is 6.97. The summed E-state index contributed by atoms with van der Waals surface area (Å²) in [5.74, 6) is 3.25. The van der Waals surface area contributed by atoms with Crippen molar-refractivity contribution in [2.45, 2.75) is 43.2 Å². The number of thioether (sulfide) groups is 2. The van der Waals surface area contributed by atoms with Crippen LogP contribution in [0.4, 0.5) is 0 Å². The van der Waals surface area contributed by atoms with Crippen LogP contribution in [0.25, 0.3) is 0 Å². The summed E-state index contributed by atoms with van der Waals surface area (Å²) >= 11 is 4.04. The first kappa shape index (κ1) is 19.9. The third kappa shape index (κ3) is 6.10. The van der Waals surface area contributed by atoms with Crippen molar-refractivity contribution < 1.29 is 9.53 Å². The summed E-state index contributed by atoms with van der Waals surface area (Å²) in [6.45, 7) is 5.64. The molecule has 0 aliphatic carbocycles. The molecule has 2 fully saturated rings. The van der Waals surface area contributed by atoms with Crippen LogP contribution in [0.5, 0.6) is 5.75 Å². The molecule has 6 heteroatoms. The van der Waals surface area contributed by atoms with E-state index in [1.807, 2.05) is 35.7 Å². The zero-order valence-electron chi connectivity index (χ0n) is 15.6. The standard InChI is InChI=1S/C20H30N2O2S2/c1-2-10-22-11-8-17(9-12-22)21-19(23)15-24-18-6-4-16(5-7-18)20-25-13-3-14-26-20/h4-7,17,20H,2-3,8-15H2,1H3,(H,21,23). The first-order chi connectivity index (χ1) is 12.7. The molecule has 3 rings (SSSR count). The minimum Gasteiger partial charge on any atom is -0.484 e. The number of rotatable bonds is 7. The normalized spacial score (nSPS) is 20.0. The largest absolute Gasteiger partial charge is 0.484 e. The van der Waals surface area contributed by atoms with Gasteiger partial charge in [-0.05, 0) is 61.4 Å². The topological polar surface area (TPSA) is 41.6 Å². The highest BCUT2D eigenvalue weighted by molar-refractivity contribution is 8.16. The van der Waals surface area contributed by atoms with Crippen LogP contribution in [0.3, 0.4) is 0 Å². The average Bonchev–Trinajstić information content (AvgIpc) is 2.69. The number of nitrogens with zero attached hydrogens (tertiary/aromatic N) is 1. The van der Waals surface area contributed by atoms with Gasteiger partial charge in [-0.2, -0.15) is 0 Å². The Hall–Kier alpha value is -0.850. The number of hydrogen-bond donors (Lipinski definition) is 1. The second-order valence-corrected chi connectivity index (χ2v) is 9.69. The lowest BCUT2D eigenvalue weighted by molar-refractivity contribution is -0.124. The summed E-state index contributed by atoms with van der Waals surface area (Å²) in [7, 11) is 0. The Balaban J connectivity index is 1.37. The molecule has 26 heavy (non-hydrogen) atoms. The Bertz CT molecular complexity index is 553. The molecule has 0 saturated carbocycles. The van der Waals surface area contributed by atoms with Crippen molar-refractivity contribution in [1.82, 2.24) is 10.2 Å². The number of nitrogens with one attached hydrogen (secondary N) is 1. The first-order valence-corrected chi connectivity index (χ1v) is 11.8. The van der Waals surface area contributed by atoms with Gasteiger partial charge < -0.3 is 15.0 Å². The lowest BCUT2D eigenvalue weighted by Crippen LogP contribution is -2.46. The number of ether oxygens (including phenoxy) is 1. The van der Waals surface area contributed by atoms with E-state index in [0.29, 0.717) is 10.6 Å². The van der Waals surface area contributed by atoms with E-state index in [-0.39, 0.29) is 12.5 Å². The number of hydrogen-bond acceptors (Lipinski definition) is 5. The maximum atomic E-state index is 12.1. The van der Waals surface area contributed by atoms with E-state index < -0.39 is 0 Å². The summed E-state index contributed by atoms with van der Waals surface area (Å²) in [6.07, 6.45) is 4.58. The van der Waals surface area contributed by atoms with Crippen LogP contribution in [-0.2, 0) is 4.79 Å². The van der Waals surface area contributed by atoms with Crippen LogP contribution >= 0.6 is 23.5 Å². The lowest BCUT2D eigenvalue weighted by atomic mass is 10.0. The van der Waals surface area contributed by atoms with Crippen LogP contribution in [0.2, 0.25) is 0 Å². The van der Waals surface area contributed by atoms with Crippen LogP contribution in [-0.4, -0.2) is 54.6 Å². The minimum atomic E-state index is -0.0126. The van der Waals surface area contributed by atoms with Crippen molar-refractivity contribution in [1.29, 1.82) is 0 Å². The highest BCUT2D eigenvalue weighted by Crippen LogP contribution is 2.43. The molecule has 0 atom stereocenters. The average molecular weight is 395 g/mol. The van der Waals surface area contributed by atoms with E-state index >= 15 is 0 Å². The third-order valence-corrected chi connectivity index (χ3v) is 7.86. The van der Waals surface area contributed by atoms with Gasteiger partial charge in [0.05, 0.1) is 4.58 Å². The molecular weight excluding hydrogens is 364 g/mol. The molecule has 144 valence electrons. The van der Waals surface area contributed by atoms with E-state index in [4.69, 9.17) is 4.74 Å². The Morgan fingerprint density at radius 3 is 2.54 bits per heavy atom. The fourth-order valence-corrected chi connectivity index (χ4v) is 6.33. The van der Waals surface area contributed by atoms with Crippen LogP contribution < -0.4 is 10.1 Å². The van der Waals surface area contributed by atoms with E-state index in [1.54, 1.807) is 0 Å². The number of likely N-dealkylation sites (tertiary alicyclic amines) is 1. The van der Waals surface area contributed by atoms with Crippen molar-refractivity contribution in [3.63, 3.8) is 0 Å². The number of carbonyl (C=O) groups is 1. The van der Waals surface area contributed by atoms with E-state index in [1.165, 1.54) is 29.9 Å². The molecule has 4 nitrogen and oxygen atoms in total. The molecule has 2 aliphatic heterocycles. The number of benzene rings is 1. The Morgan fingerprint density at radius 2 is 1.88 bits per heavy atom. The van der Waals surface area contributed by atoms with E-state index in [9.17, 15) is 4.79 Å². The maximum Gasteiger partial charge on any atom is 0.258 e. The molecule has 1 aromatic rings. The molecule has 0 bridgehead atoms. The predicted octanol–water partition coefficient (Wildman–Crippen LogP) is 3.92. The van der Waals surface area contributed by atoms with Crippen LogP contribution in [0.15, 0.2) is 24.3 Å². The molecule has 2 heterocycles. The number of piperidine rings is 1. The third-order valence-electron chi connectivity index (χ3n) is 4.84. The van der Waals surface area contributed by atoms with E-state index in [2.05, 4.69) is 29.3 Å². The number of amides is 1. The zero-order chi connectivity index (χ0) is 18.2. The second kappa shape index (κ2) is 10.5. The van der Waals surface area contributed by atoms with Gasteiger partial charge in [0.15, 0.2) is 6.61 Å². The van der Waals surface area contributed by atoms with E-state index in [0.717, 1.165) is 38.2 Å². The summed E-state index contributed by atoms with van der Waals surface area (Å²) < 4.78 is 6.22. The fraction of sp³-hybridized carbons (Fsp3) is 0.650. The summed E-state index contributed by atoms with van der Waals surface area (Å²) in [6, 6.07) is 8.53. The summed E-state index contributed by atoms with van der Waals surface area (Å²) in [5, 5.41) is 3.12. The molecule has 1 aromatic carbocycles. The van der Waals surface area contributed by atoms with Gasteiger partial charge in [-0.3, -0.25) is 4.79 Å². The van der Waals surface area contributed by atoms with Gasteiger partial charge in [0, 0.05) is 19.1 Å². The van der Waals surface area contributed by atoms with Gasteiger partial charge in [0.1, 0.15) is 5.75 Å². The van der Waals surface area contributed by atoms with Crippen LogP contribution in [0.1, 0.15) is 42.8 Å². The monoisotopic (exact) mass is 394 g/mol. The quantitative estimate of drug-likeness (QED) is 0.759. The molecule has 1 amide bonds. The van der Waals surface area contributed by atoms with Gasteiger partial charge in [-0.25, -0.2) is 0 Å². The van der Waals surface area contributed by atoms with Gasteiger partial charge in [0.2, 0.25) is 0 Å². The van der Waals surface area contributed by atoms with Crippen LogP contribution in [0, 0.1) is 0 Å². The number of carbonyl (C=O) groups excluding carboxylic acids is 1. The molecular formula is C20H30N2O2S2. The van der Waals surface area contributed by atoms with Crippen molar-refractivity contribution in [3.8, 4) is 5.75 Å². The Morgan fingerprint density at radius 1 is 1.19 bits per heavy atom. The summed E-state index contributed by atoms with van der Waals surface area (Å²) in [5.41, 5.74) is 1.34. The Kier molecular flexibility index (Phi) is 8.02. The SMILES string of the molecule is CCCN1CCC(NC(=O)COc2ccc(C3SCCCS3)cc2)CC1. The minimum absolute atomic E-state index is 0.0126. The highest BCUT2D eigenvalue weighted by Gasteiger charge is 2.20. The Labute approximate surface area is 165 Å². The highest BCUT2D eigenvalue weighted by atomic mass is 32.2. The smallest absolute Gasteiger partial charge is 0.258 e. The first-order valence-electron chi connectivity index (χ1n) is 9.72. The predicted molar refractivity (Wildman–Crippen MR) is 112 cm³/mol. The van der Waals surface area contributed by atoms with Gasteiger partial charge in [-0.15, -0.1) is 23.5 Å². The van der Waals surface area contributed by atoms with Crippen molar-refractivity contribution in [2.24, 2.45) is 0 Å². The molecule has 0 radical (unpaired) electrons. The fourth-order valence-electron chi connectivity index (χ4n) is 3.44. The molecule has 0 aromatic heterocycles. The molecule has 0 spiro atoms. The molecule has 2 saturated heterocycles. The lowest BCUT2D eigenvalue weighted by Gasteiger charge is -2.32. The van der Waals surface area contributed by atoms with Crippen molar-refractivity contribution in [2.75, 3.05) is 37.7 Å². The molecule has 2 aliphatic rings. The molecule has 1 N–H and O–H groups in total.